The van der Waals surface area contributed by atoms with Crippen molar-refractivity contribution in [3.8, 4) is 5.75 Å². The minimum atomic E-state index is -0.163. The molecule has 0 bridgehead atoms. The number of nitrogen functional groups attached to an aromatic ring is 1. The number of anilines is 1. The summed E-state index contributed by atoms with van der Waals surface area (Å²) in [6, 6.07) is 3.41. The summed E-state index contributed by atoms with van der Waals surface area (Å²) < 4.78 is 6.42. The Morgan fingerprint density at radius 3 is 2.85 bits per heavy atom. The second kappa shape index (κ2) is 7.84. The number of nitrogens with one attached hydrogen (secondary N) is 2. The predicted octanol–water partition coefficient (Wildman–Crippen LogP) is 0.390. The number of carbonyl (C=O) groups excluding carboxylic acids is 1. The Hall–Kier alpha value is -2.45. The van der Waals surface area contributed by atoms with E-state index in [0.29, 0.717) is 34.6 Å². The minimum Gasteiger partial charge on any atom is -0.496 e. The molecule has 1 aromatic heterocycles. The number of piperazine rings is 1. The van der Waals surface area contributed by atoms with Crippen LogP contribution in [0.3, 0.4) is 0 Å². The highest BCUT2D eigenvalue weighted by Crippen LogP contribution is 2.27. The summed E-state index contributed by atoms with van der Waals surface area (Å²) in [6.07, 6.45) is 2.33. The lowest BCUT2D eigenvalue weighted by Gasteiger charge is -2.38. The van der Waals surface area contributed by atoms with Crippen LogP contribution in [-0.2, 0) is 0 Å². The Balaban J connectivity index is 1.64. The Morgan fingerprint density at radius 2 is 2.12 bits per heavy atom. The largest absolute Gasteiger partial charge is 0.496 e. The van der Waals surface area contributed by atoms with Gasteiger partial charge in [0, 0.05) is 31.4 Å². The highest BCUT2D eigenvalue weighted by Gasteiger charge is 2.23. The van der Waals surface area contributed by atoms with Crippen molar-refractivity contribution in [1.82, 2.24) is 20.6 Å². The number of amides is 1. The molecule has 2 aromatic rings. The second-order valence-corrected chi connectivity index (χ2v) is 6.98. The summed E-state index contributed by atoms with van der Waals surface area (Å²) in [7, 11) is 3.81. The molecule has 8 heteroatoms. The third-order valence-corrected chi connectivity index (χ3v) is 5.05. The average Bonchev–Trinajstić information content (AvgIpc) is 2.65. The first-order valence-electron chi connectivity index (χ1n) is 8.93. The first kappa shape index (κ1) is 18.3. The molecule has 8 nitrogen and oxygen atoms in total. The van der Waals surface area contributed by atoms with Crippen LogP contribution >= 0.6 is 0 Å². The standard InChI is InChI=1S/C18H26N6O2/c1-24(8-5-20-6-9-24)7-3-4-21-18(25)14-10-15-13(11-16(14)26-2)17(19)23-12-22-15/h10-12,20H,3-9H2,1-2H3,(H2-,19,21,22,23,25)/p+1. The van der Waals surface area contributed by atoms with Crippen molar-refractivity contribution >= 4 is 22.6 Å². The van der Waals surface area contributed by atoms with Gasteiger partial charge < -0.3 is 25.6 Å². The topological polar surface area (TPSA) is 102 Å². The highest BCUT2D eigenvalue weighted by atomic mass is 16.5. The van der Waals surface area contributed by atoms with Gasteiger partial charge >= 0.3 is 0 Å². The van der Waals surface area contributed by atoms with Crippen LogP contribution in [-0.4, -0.2) is 73.8 Å². The summed E-state index contributed by atoms with van der Waals surface area (Å²) in [5.74, 6) is 0.676. The molecule has 1 aliphatic rings. The number of aromatic nitrogens is 2. The summed E-state index contributed by atoms with van der Waals surface area (Å²) in [5, 5.41) is 7.05. The molecule has 0 radical (unpaired) electrons. The van der Waals surface area contributed by atoms with Crippen LogP contribution in [0.4, 0.5) is 5.82 Å². The zero-order chi connectivity index (χ0) is 18.6. The molecule has 0 aliphatic carbocycles. The third-order valence-electron chi connectivity index (χ3n) is 5.05. The monoisotopic (exact) mass is 359 g/mol. The number of fused-ring (bicyclic) bond motifs is 1. The van der Waals surface area contributed by atoms with Gasteiger partial charge in [-0.3, -0.25) is 4.79 Å². The molecule has 0 saturated carbocycles. The smallest absolute Gasteiger partial charge is 0.255 e. The van der Waals surface area contributed by atoms with E-state index in [9.17, 15) is 4.79 Å². The number of ether oxygens (including phenoxy) is 1. The SMILES string of the molecule is COc1cc2c(N)ncnc2cc1C(=O)NCCC[N+]1(C)CCNCC1. The lowest BCUT2D eigenvalue weighted by Crippen LogP contribution is -2.56. The van der Waals surface area contributed by atoms with Crippen molar-refractivity contribution in [3.05, 3.63) is 24.0 Å². The van der Waals surface area contributed by atoms with Crippen LogP contribution in [0.1, 0.15) is 16.8 Å². The van der Waals surface area contributed by atoms with Gasteiger partial charge in [0.2, 0.25) is 0 Å². The van der Waals surface area contributed by atoms with Crippen LogP contribution in [0.25, 0.3) is 10.9 Å². The van der Waals surface area contributed by atoms with Crippen molar-refractivity contribution in [1.29, 1.82) is 0 Å². The number of benzene rings is 1. The fourth-order valence-corrected chi connectivity index (χ4v) is 3.37. The van der Waals surface area contributed by atoms with Gasteiger partial charge in [-0.1, -0.05) is 0 Å². The number of likely N-dealkylation sites (N-methyl/N-ethyl adjacent to an activating group) is 1. The average molecular weight is 359 g/mol. The Bertz CT molecular complexity index is 789. The molecular formula is C18H27N6O2+. The number of nitrogens with zero attached hydrogens (tertiary/aromatic N) is 3. The molecule has 26 heavy (non-hydrogen) atoms. The van der Waals surface area contributed by atoms with E-state index >= 15 is 0 Å². The van der Waals surface area contributed by atoms with E-state index in [1.807, 2.05) is 0 Å². The number of carbonyl (C=O) groups is 1. The molecule has 1 fully saturated rings. The van der Waals surface area contributed by atoms with Gasteiger partial charge in [-0.25, -0.2) is 9.97 Å². The van der Waals surface area contributed by atoms with E-state index < -0.39 is 0 Å². The summed E-state index contributed by atoms with van der Waals surface area (Å²) >= 11 is 0. The fraction of sp³-hybridized carbons (Fsp3) is 0.500. The molecule has 0 spiro atoms. The van der Waals surface area contributed by atoms with Gasteiger partial charge in [-0.15, -0.1) is 0 Å². The maximum absolute atomic E-state index is 12.6. The summed E-state index contributed by atoms with van der Waals surface area (Å²) in [5.41, 5.74) is 6.96. The quantitative estimate of drug-likeness (QED) is 0.509. The van der Waals surface area contributed by atoms with Crippen molar-refractivity contribution in [2.45, 2.75) is 6.42 Å². The molecule has 1 saturated heterocycles. The number of quaternary nitrogens is 1. The maximum Gasteiger partial charge on any atom is 0.255 e. The van der Waals surface area contributed by atoms with Gasteiger partial charge in [-0.05, 0) is 12.1 Å². The number of hydrogen-bond donors (Lipinski definition) is 3. The van der Waals surface area contributed by atoms with Gasteiger partial charge in [-0.2, -0.15) is 0 Å². The van der Waals surface area contributed by atoms with Gasteiger partial charge in [0.25, 0.3) is 5.91 Å². The van der Waals surface area contributed by atoms with Crippen molar-refractivity contribution in [2.24, 2.45) is 0 Å². The first-order valence-corrected chi connectivity index (χ1v) is 8.93. The molecule has 1 aliphatic heterocycles. The first-order chi connectivity index (χ1) is 12.5. The third kappa shape index (κ3) is 4.03. The highest BCUT2D eigenvalue weighted by molar-refractivity contribution is 6.02. The van der Waals surface area contributed by atoms with E-state index in [0.717, 1.165) is 43.6 Å². The van der Waals surface area contributed by atoms with E-state index in [1.165, 1.54) is 13.4 Å². The lowest BCUT2D eigenvalue weighted by molar-refractivity contribution is -0.911. The van der Waals surface area contributed by atoms with Crippen molar-refractivity contribution in [2.75, 3.05) is 59.2 Å². The zero-order valence-corrected chi connectivity index (χ0v) is 15.4. The predicted molar refractivity (Wildman–Crippen MR) is 101 cm³/mol. The Kier molecular flexibility index (Phi) is 5.53. The van der Waals surface area contributed by atoms with Gasteiger partial charge in [0.15, 0.2) is 0 Å². The lowest BCUT2D eigenvalue weighted by atomic mass is 10.1. The number of hydrogen-bond acceptors (Lipinski definition) is 6. The number of methoxy groups -OCH3 is 1. The molecule has 3 rings (SSSR count). The zero-order valence-electron chi connectivity index (χ0n) is 15.4. The molecule has 0 atom stereocenters. The van der Waals surface area contributed by atoms with E-state index in [-0.39, 0.29) is 5.91 Å². The molecule has 140 valence electrons. The molecule has 4 N–H and O–H groups in total. The van der Waals surface area contributed by atoms with Gasteiger partial charge in [0.1, 0.15) is 17.9 Å². The van der Waals surface area contributed by atoms with Crippen molar-refractivity contribution < 1.29 is 14.0 Å². The van der Waals surface area contributed by atoms with Crippen LogP contribution in [0, 0.1) is 0 Å². The van der Waals surface area contributed by atoms with Crippen LogP contribution in [0.5, 0.6) is 5.75 Å². The van der Waals surface area contributed by atoms with E-state index in [1.54, 1.807) is 12.1 Å². The van der Waals surface area contributed by atoms with Crippen LogP contribution in [0.2, 0.25) is 0 Å². The molecule has 2 heterocycles. The molecule has 1 aromatic carbocycles. The molecular weight excluding hydrogens is 332 g/mol. The number of rotatable bonds is 6. The fourth-order valence-electron chi connectivity index (χ4n) is 3.37. The molecule has 1 amide bonds. The van der Waals surface area contributed by atoms with E-state index in [2.05, 4.69) is 27.6 Å². The van der Waals surface area contributed by atoms with Crippen molar-refractivity contribution in [3.63, 3.8) is 0 Å². The Labute approximate surface area is 153 Å². The second-order valence-electron chi connectivity index (χ2n) is 6.98. The van der Waals surface area contributed by atoms with Crippen LogP contribution < -0.4 is 21.1 Å². The Morgan fingerprint density at radius 1 is 1.35 bits per heavy atom. The normalized spacial score (nSPS) is 16.4. The maximum atomic E-state index is 12.6. The van der Waals surface area contributed by atoms with Gasteiger partial charge in [0.05, 0.1) is 44.9 Å². The number of nitrogens with two attached hydrogens (primary N) is 1. The van der Waals surface area contributed by atoms with Crippen LogP contribution in [0.15, 0.2) is 18.5 Å². The molecule has 0 unspecified atom stereocenters. The minimum absolute atomic E-state index is 0.163. The summed E-state index contributed by atoms with van der Waals surface area (Å²) in [4.78, 5) is 20.8. The summed E-state index contributed by atoms with van der Waals surface area (Å²) in [6.45, 7) is 6.07. The van der Waals surface area contributed by atoms with E-state index in [4.69, 9.17) is 10.5 Å².